The van der Waals surface area contributed by atoms with E-state index in [2.05, 4.69) is 0 Å². The fourth-order valence-electron chi connectivity index (χ4n) is 5.69. The van der Waals surface area contributed by atoms with Crippen LogP contribution < -0.4 is 4.74 Å². The highest BCUT2D eigenvalue weighted by Crippen LogP contribution is 2.53. The van der Waals surface area contributed by atoms with Crippen molar-refractivity contribution in [2.75, 3.05) is 32.8 Å². The van der Waals surface area contributed by atoms with Crippen LogP contribution in [0.2, 0.25) is 5.02 Å². The highest BCUT2D eigenvalue weighted by Gasteiger charge is 2.52. The van der Waals surface area contributed by atoms with Gasteiger partial charge in [-0.25, -0.2) is 0 Å². The zero-order valence-electron chi connectivity index (χ0n) is 17.3. The molecular formula is C23H29ClN2O4. The minimum atomic E-state index is -0.284. The average Bonchev–Trinajstić information content (AvgIpc) is 3.18. The van der Waals surface area contributed by atoms with Crippen molar-refractivity contribution in [1.82, 2.24) is 9.80 Å². The first kappa shape index (κ1) is 20.1. The van der Waals surface area contributed by atoms with Crippen molar-refractivity contribution < 1.29 is 19.1 Å². The van der Waals surface area contributed by atoms with Crippen molar-refractivity contribution in [1.29, 1.82) is 0 Å². The number of amides is 2. The maximum atomic E-state index is 12.8. The molecule has 4 aliphatic rings. The maximum absolute atomic E-state index is 12.8. The van der Waals surface area contributed by atoms with Crippen molar-refractivity contribution in [2.24, 2.45) is 5.92 Å². The summed E-state index contributed by atoms with van der Waals surface area (Å²) in [7, 11) is 0. The molecule has 5 rings (SSSR count). The van der Waals surface area contributed by atoms with E-state index in [4.69, 9.17) is 21.1 Å². The standard InChI is InChI=1S/C23H29ClN2O4/c24-16-5-6-19-17(15-16)22-18(3-2-14-29-22)23(30-19)8-12-26(13-9-23)21(28)7-11-25-10-1-4-20(25)27/h5-6,15,18,22H,1-4,7-14H2/t18-,22+/m0/s1. The van der Waals surface area contributed by atoms with E-state index in [0.717, 1.165) is 56.6 Å². The van der Waals surface area contributed by atoms with Crippen LogP contribution in [0.3, 0.4) is 0 Å². The van der Waals surface area contributed by atoms with E-state index in [1.54, 1.807) is 0 Å². The summed E-state index contributed by atoms with van der Waals surface area (Å²) < 4.78 is 12.9. The summed E-state index contributed by atoms with van der Waals surface area (Å²) >= 11 is 6.25. The number of nitrogens with zero attached hydrogens (tertiary/aromatic N) is 2. The van der Waals surface area contributed by atoms with E-state index in [0.29, 0.717) is 37.5 Å². The number of hydrogen-bond donors (Lipinski definition) is 0. The molecule has 2 amide bonds. The number of ether oxygens (including phenoxy) is 2. The molecule has 4 aliphatic heterocycles. The number of piperidine rings is 1. The molecule has 0 bridgehead atoms. The smallest absolute Gasteiger partial charge is 0.224 e. The Hall–Kier alpha value is -1.79. The molecule has 0 N–H and O–H groups in total. The molecule has 7 heteroatoms. The van der Waals surface area contributed by atoms with E-state index >= 15 is 0 Å². The third kappa shape index (κ3) is 3.58. The van der Waals surface area contributed by atoms with Gasteiger partial charge in [0.25, 0.3) is 0 Å². The van der Waals surface area contributed by atoms with Crippen LogP contribution in [0.4, 0.5) is 0 Å². The van der Waals surface area contributed by atoms with E-state index in [1.165, 1.54) is 0 Å². The monoisotopic (exact) mass is 432 g/mol. The number of carbonyl (C=O) groups excluding carboxylic acids is 2. The first-order chi connectivity index (χ1) is 14.6. The molecule has 1 spiro atoms. The molecule has 0 aromatic heterocycles. The molecule has 4 heterocycles. The third-order valence-electron chi connectivity index (χ3n) is 7.32. The van der Waals surface area contributed by atoms with Gasteiger partial charge in [0.15, 0.2) is 0 Å². The minimum Gasteiger partial charge on any atom is -0.486 e. The number of benzene rings is 1. The largest absolute Gasteiger partial charge is 0.486 e. The number of hydrogen-bond acceptors (Lipinski definition) is 4. The van der Waals surface area contributed by atoms with Gasteiger partial charge in [-0.3, -0.25) is 9.59 Å². The second-order valence-electron chi connectivity index (χ2n) is 9.00. The van der Waals surface area contributed by atoms with Crippen LogP contribution in [0.1, 0.15) is 56.6 Å². The summed E-state index contributed by atoms with van der Waals surface area (Å²) in [6.07, 6.45) is 5.70. The molecule has 162 valence electrons. The molecule has 0 saturated carbocycles. The van der Waals surface area contributed by atoms with Gasteiger partial charge in [-0.1, -0.05) is 11.6 Å². The predicted octanol–water partition coefficient (Wildman–Crippen LogP) is 3.57. The zero-order valence-corrected chi connectivity index (χ0v) is 18.0. The highest BCUT2D eigenvalue weighted by atomic mass is 35.5. The van der Waals surface area contributed by atoms with Gasteiger partial charge in [0.05, 0.1) is 6.10 Å². The Morgan fingerprint density at radius 1 is 1.20 bits per heavy atom. The Bertz CT molecular complexity index is 836. The normalized spacial score (nSPS) is 27.6. The molecule has 0 aliphatic carbocycles. The maximum Gasteiger partial charge on any atom is 0.224 e. The molecule has 2 atom stereocenters. The molecule has 1 aromatic rings. The van der Waals surface area contributed by atoms with Crippen LogP contribution in [-0.2, 0) is 14.3 Å². The lowest BCUT2D eigenvalue weighted by molar-refractivity contribution is -0.157. The molecular weight excluding hydrogens is 404 g/mol. The number of carbonyl (C=O) groups is 2. The van der Waals surface area contributed by atoms with E-state index in [9.17, 15) is 9.59 Å². The summed E-state index contributed by atoms with van der Waals surface area (Å²) in [5, 5.41) is 0.707. The minimum absolute atomic E-state index is 0.0182. The molecule has 1 aromatic carbocycles. The Labute approximate surface area is 182 Å². The third-order valence-corrected chi connectivity index (χ3v) is 7.55. The Morgan fingerprint density at radius 3 is 2.80 bits per heavy atom. The summed E-state index contributed by atoms with van der Waals surface area (Å²) in [4.78, 5) is 28.3. The van der Waals surface area contributed by atoms with Crippen LogP contribution >= 0.6 is 11.6 Å². The number of likely N-dealkylation sites (tertiary alicyclic amines) is 2. The molecule has 6 nitrogen and oxygen atoms in total. The Balaban J connectivity index is 1.27. The lowest BCUT2D eigenvalue weighted by atomic mass is 9.70. The first-order valence-electron chi connectivity index (χ1n) is 11.2. The van der Waals surface area contributed by atoms with E-state index < -0.39 is 0 Å². The molecule has 30 heavy (non-hydrogen) atoms. The number of rotatable bonds is 3. The second kappa shape index (κ2) is 8.04. The van der Waals surface area contributed by atoms with Crippen molar-refractivity contribution in [3.05, 3.63) is 28.8 Å². The van der Waals surface area contributed by atoms with Gasteiger partial charge in [0.1, 0.15) is 11.4 Å². The van der Waals surface area contributed by atoms with Crippen molar-refractivity contribution in [3.8, 4) is 5.75 Å². The van der Waals surface area contributed by atoms with Crippen molar-refractivity contribution in [3.63, 3.8) is 0 Å². The van der Waals surface area contributed by atoms with Crippen LogP contribution in [0.15, 0.2) is 18.2 Å². The van der Waals surface area contributed by atoms with Gasteiger partial charge in [-0.2, -0.15) is 0 Å². The fourth-order valence-corrected chi connectivity index (χ4v) is 5.87. The Kier molecular flexibility index (Phi) is 5.40. The molecule has 0 radical (unpaired) electrons. The van der Waals surface area contributed by atoms with Gasteiger partial charge < -0.3 is 19.3 Å². The predicted molar refractivity (Wildman–Crippen MR) is 112 cm³/mol. The lowest BCUT2D eigenvalue weighted by Crippen LogP contribution is -2.58. The summed E-state index contributed by atoms with van der Waals surface area (Å²) in [6, 6.07) is 5.80. The van der Waals surface area contributed by atoms with E-state index in [1.807, 2.05) is 28.0 Å². The van der Waals surface area contributed by atoms with Crippen LogP contribution in [0.5, 0.6) is 5.75 Å². The fraction of sp³-hybridized carbons (Fsp3) is 0.652. The summed E-state index contributed by atoms with van der Waals surface area (Å²) in [5.74, 6) is 1.48. The quantitative estimate of drug-likeness (QED) is 0.732. The van der Waals surface area contributed by atoms with Gasteiger partial charge in [0.2, 0.25) is 11.8 Å². The van der Waals surface area contributed by atoms with Crippen molar-refractivity contribution >= 4 is 23.4 Å². The van der Waals surface area contributed by atoms with Crippen LogP contribution in [-0.4, -0.2) is 60.0 Å². The zero-order chi connectivity index (χ0) is 20.7. The van der Waals surface area contributed by atoms with Crippen LogP contribution in [0.25, 0.3) is 0 Å². The van der Waals surface area contributed by atoms with Crippen LogP contribution in [0, 0.1) is 5.92 Å². The molecule has 0 unspecified atom stereocenters. The molecule has 3 fully saturated rings. The summed E-state index contributed by atoms with van der Waals surface area (Å²) in [6.45, 7) is 3.49. The summed E-state index contributed by atoms with van der Waals surface area (Å²) in [5.41, 5.74) is 0.778. The highest BCUT2D eigenvalue weighted by molar-refractivity contribution is 6.30. The van der Waals surface area contributed by atoms with Crippen molar-refractivity contribution in [2.45, 2.75) is 56.7 Å². The second-order valence-corrected chi connectivity index (χ2v) is 9.44. The lowest BCUT2D eigenvalue weighted by Gasteiger charge is -2.53. The number of halogens is 1. The first-order valence-corrected chi connectivity index (χ1v) is 11.6. The van der Waals surface area contributed by atoms with Gasteiger partial charge in [0, 0.05) is 75.0 Å². The van der Waals surface area contributed by atoms with Gasteiger partial charge >= 0.3 is 0 Å². The Morgan fingerprint density at radius 2 is 2.03 bits per heavy atom. The van der Waals surface area contributed by atoms with E-state index in [-0.39, 0.29) is 29.4 Å². The van der Waals surface area contributed by atoms with Gasteiger partial charge in [-0.15, -0.1) is 0 Å². The molecule has 3 saturated heterocycles. The number of fused-ring (bicyclic) bond motifs is 4. The SMILES string of the molecule is O=C1CCCN1CCC(=O)N1CCC2(CC1)Oc1ccc(Cl)cc1[C@H]1OCCC[C@@H]12. The topological polar surface area (TPSA) is 59.1 Å². The van der Waals surface area contributed by atoms with Gasteiger partial charge in [-0.05, 0) is 37.5 Å². The average molecular weight is 433 g/mol.